The lowest BCUT2D eigenvalue weighted by atomic mass is 9.97. The SMILES string of the molecule is CC/C=C\C/C=C\C/C=C\C/C=C\C/C=C\C/C=C\CCCCCCCCCCCCCCCCCCCCCCCCC(=O)NC(COC1OC(CO)C(OC2OC(CO)C(O)C(O)C2O)C(O)C1O)C(O)/C=C/CC/C=C/CC/C=C/CCCCCC. The molecule has 12 unspecified atom stereocenters. The monoisotopic (exact) mass is 1250 g/mol. The minimum absolute atomic E-state index is 0.254. The second-order valence-corrected chi connectivity index (χ2v) is 24.6. The van der Waals surface area contributed by atoms with Gasteiger partial charge in [0.2, 0.25) is 5.91 Å². The Hall–Kier alpha value is -3.35. The molecule has 0 aromatic heterocycles. The average Bonchev–Trinajstić information content (AvgIpc) is 2.74. The Morgan fingerprint density at radius 3 is 1.24 bits per heavy atom. The Balaban J connectivity index is 1.56. The van der Waals surface area contributed by atoms with E-state index in [-0.39, 0.29) is 18.9 Å². The molecular weight excluding hydrogens is 1120 g/mol. The Kier molecular flexibility index (Phi) is 53.7. The highest BCUT2D eigenvalue weighted by Crippen LogP contribution is 2.30. The van der Waals surface area contributed by atoms with E-state index in [1.165, 1.54) is 148 Å². The normalized spacial score (nSPS) is 23.7. The number of carbonyl (C=O) groups is 1. The highest BCUT2D eigenvalue weighted by Gasteiger charge is 2.51. The van der Waals surface area contributed by atoms with E-state index in [4.69, 9.17) is 18.9 Å². The van der Waals surface area contributed by atoms with E-state index in [0.717, 1.165) is 83.5 Å². The molecule has 14 nitrogen and oxygen atoms in total. The van der Waals surface area contributed by atoms with E-state index in [0.29, 0.717) is 12.8 Å². The van der Waals surface area contributed by atoms with Gasteiger partial charge in [-0.3, -0.25) is 4.79 Å². The predicted octanol–water partition coefficient (Wildman–Crippen LogP) is 14.7. The predicted molar refractivity (Wildman–Crippen MR) is 364 cm³/mol. The van der Waals surface area contributed by atoms with E-state index in [1.54, 1.807) is 6.08 Å². The van der Waals surface area contributed by atoms with Crippen molar-refractivity contribution in [1.29, 1.82) is 0 Å². The highest BCUT2D eigenvalue weighted by molar-refractivity contribution is 5.76. The van der Waals surface area contributed by atoms with Crippen molar-refractivity contribution in [2.75, 3.05) is 19.8 Å². The minimum Gasteiger partial charge on any atom is -0.394 e. The minimum atomic E-state index is -1.80. The molecule has 2 heterocycles. The number of hydrogen-bond acceptors (Lipinski definition) is 13. The van der Waals surface area contributed by atoms with Gasteiger partial charge in [0, 0.05) is 6.42 Å². The van der Waals surface area contributed by atoms with Crippen LogP contribution in [-0.4, -0.2) is 140 Å². The maximum Gasteiger partial charge on any atom is 0.220 e. The molecule has 1 amide bonds. The zero-order valence-electron chi connectivity index (χ0n) is 55.6. The number of nitrogens with one attached hydrogen (secondary N) is 1. The van der Waals surface area contributed by atoms with Gasteiger partial charge < -0.3 is 65.1 Å². The van der Waals surface area contributed by atoms with Crippen LogP contribution in [0.25, 0.3) is 0 Å². The molecular formula is C75H129NO13. The third-order valence-electron chi connectivity index (χ3n) is 16.7. The molecule has 14 heteroatoms. The Morgan fingerprint density at radius 2 is 0.787 bits per heavy atom. The summed E-state index contributed by atoms with van der Waals surface area (Å²) in [7, 11) is 0. The first-order chi connectivity index (χ1) is 43.6. The van der Waals surface area contributed by atoms with Gasteiger partial charge in [0.05, 0.1) is 32.0 Å². The fourth-order valence-electron chi connectivity index (χ4n) is 11.0. The molecule has 0 saturated carbocycles. The second-order valence-electron chi connectivity index (χ2n) is 24.6. The molecule has 2 aliphatic rings. The fraction of sp³-hybridized carbons (Fsp3) is 0.747. The molecule has 0 bridgehead atoms. The van der Waals surface area contributed by atoms with Gasteiger partial charge in [0.25, 0.3) is 0 Å². The van der Waals surface area contributed by atoms with Crippen LogP contribution in [0.3, 0.4) is 0 Å². The van der Waals surface area contributed by atoms with Crippen LogP contribution < -0.4 is 5.32 Å². The molecule has 2 rings (SSSR count). The number of aliphatic hydroxyl groups excluding tert-OH is 8. The fourth-order valence-corrected chi connectivity index (χ4v) is 11.0. The summed E-state index contributed by atoms with van der Waals surface area (Å²) < 4.78 is 22.8. The van der Waals surface area contributed by atoms with Crippen molar-refractivity contribution >= 4 is 5.91 Å². The number of carbonyl (C=O) groups excluding carboxylic acids is 1. The number of allylic oxidation sites excluding steroid dienone is 17. The maximum atomic E-state index is 13.3. The maximum absolute atomic E-state index is 13.3. The molecule has 0 spiro atoms. The summed E-state index contributed by atoms with van der Waals surface area (Å²) in [5.41, 5.74) is 0. The van der Waals surface area contributed by atoms with Crippen LogP contribution in [0.2, 0.25) is 0 Å². The van der Waals surface area contributed by atoms with Crippen LogP contribution in [0.1, 0.15) is 264 Å². The number of aliphatic hydroxyl groups is 8. The van der Waals surface area contributed by atoms with Crippen molar-refractivity contribution in [2.24, 2.45) is 0 Å². The highest BCUT2D eigenvalue weighted by atomic mass is 16.7. The van der Waals surface area contributed by atoms with Crippen molar-refractivity contribution in [3.8, 4) is 0 Å². The molecule has 0 aromatic carbocycles. The second kappa shape index (κ2) is 58.5. The van der Waals surface area contributed by atoms with Gasteiger partial charge in [-0.1, -0.05) is 271 Å². The zero-order valence-corrected chi connectivity index (χ0v) is 55.6. The quantitative estimate of drug-likeness (QED) is 0.0204. The summed E-state index contributed by atoms with van der Waals surface area (Å²) in [4.78, 5) is 13.3. The van der Waals surface area contributed by atoms with E-state index >= 15 is 0 Å². The van der Waals surface area contributed by atoms with Crippen LogP contribution in [0.5, 0.6) is 0 Å². The van der Waals surface area contributed by atoms with Gasteiger partial charge in [-0.05, 0) is 96.3 Å². The first kappa shape index (κ1) is 81.7. The molecule has 512 valence electrons. The molecule has 12 atom stereocenters. The van der Waals surface area contributed by atoms with Gasteiger partial charge in [0.1, 0.15) is 48.8 Å². The number of ether oxygens (including phenoxy) is 4. The van der Waals surface area contributed by atoms with Crippen molar-refractivity contribution in [3.63, 3.8) is 0 Å². The van der Waals surface area contributed by atoms with Gasteiger partial charge >= 0.3 is 0 Å². The van der Waals surface area contributed by atoms with E-state index < -0.39 is 86.8 Å². The van der Waals surface area contributed by atoms with Crippen LogP contribution in [0.15, 0.2) is 109 Å². The largest absolute Gasteiger partial charge is 0.394 e. The Labute approximate surface area is 540 Å². The average molecular weight is 1250 g/mol. The summed E-state index contributed by atoms with van der Waals surface area (Å²) in [6, 6.07) is -0.941. The molecule has 2 fully saturated rings. The lowest BCUT2D eigenvalue weighted by Gasteiger charge is -2.46. The zero-order chi connectivity index (χ0) is 64.5. The molecule has 0 radical (unpaired) electrons. The van der Waals surface area contributed by atoms with E-state index in [2.05, 4.69) is 116 Å². The van der Waals surface area contributed by atoms with Crippen molar-refractivity contribution in [1.82, 2.24) is 5.32 Å². The summed E-state index contributed by atoms with van der Waals surface area (Å²) in [6.07, 6.45) is 67.4. The Morgan fingerprint density at radius 1 is 0.416 bits per heavy atom. The summed E-state index contributed by atoms with van der Waals surface area (Å²) >= 11 is 0. The standard InChI is InChI=1S/C75H129NO13/c1-3-5-7-9-11-13-15-17-19-20-21-22-23-24-25-26-27-28-29-30-31-32-33-34-35-36-37-38-39-40-41-42-43-44-45-47-49-51-53-55-57-59-67(80)76-63(64(79)58-56-54-52-50-48-46-18-16-14-12-10-8-6-4-2)62-86-74-72(85)70(83)73(66(61-78)88-74)89-75-71(84)69(82)68(81)65(60-77)87-75/h5,7,11,13-14,16-17,19,21-22,24-25,27-28,48,50,56,58,63-66,68-75,77-79,81-85H,3-4,6,8-10,12,15,18,20,23,26,29-47,49,51-55,57,59-62H2,1-2H3,(H,76,80)/b7-5-,13-11-,16-14+,19-17-,22-21-,25-24-,28-27-,50-48+,58-56+. The van der Waals surface area contributed by atoms with Crippen LogP contribution in [0.4, 0.5) is 0 Å². The molecule has 0 aromatic rings. The molecule has 9 N–H and O–H groups in total. The number of rotatable bonds is 57. The van der Waals surface area contributed by atoms with E-state index in [9.17, 15) is 45.6 Å². The van der Waals surface area contributed by atoms with Gasteiger partial charge in [-0.15, -0.1) is 0 Å². The van der Waals surface area contributed by atoms with Crippen LogP contribution in [-0.2, 0) is 23.7 Å². The summed E-state index contributed by atoms with van der Waals surface area (Å²) in [5.74, 6) is -0.254. The lowest BCUT2D eigenvalue weighted by molar-refractivity contribution is -0.359. The van der Waals surface area contributed by atoms with Crippen molar-refractivity contribution in [3.05, 3.63) is 109 Å². The van der Waals surface area contributed by atoms with Gasteiger partial charge in [0.15, 0.2) is 12.6 Å². The Bertz CT molecular complexity index is 1910. The first-order valence-corrected chi connectivity index (χ1v) is 35.6. The summed E-state index contributed by atoms with van der Waals surface area (Å²) in [5, 5.41) is 87.2. The molecule has 2 saturated heterocycles. The smallest absolute Gasteiger partial charge is 0.220 e. The van der Waals surface area contributed by atoms with Crippen LogP contribution in [0, 0.1) is 0 Å². The molecule has 89 heavy (non-hydrogen) atoms. The van der Waals surface area contributed by atoms with Crippen molar-refractivity contribution < 1.29 is 64.6 Å². The van der Waals surface area contributed by atoms with Gasteiger partial charge in [-0.2, -0.15) is 0 Å². The van der Waals surface area contributed by atoms with E-state index in [1.807, 2.05) is 6.08 Å². The number of unbranched alkanes of at least 4 members (excludes halogenated alkanes) is 28. The van der Waals surface area contributed by atoms with Crippen molar-refractivity contribution in [2.45, 2.75) is 338 Å². The third-order valence-corrected chi connectivity index (χ3v) is 16.7. The van der Waals surface area contributed by atoms with Crippen LogP contribution >= 0.6 is 0 Å². The third kappa shape index (κ3) is 42.5. The van der Waals surface area contributed by atoms with Gasteiger partial charge in [-0.25, -0.2) is 0 Å². The number of amides is 1. The first-order valence-electron chi connectivity index (χ1n) is 35.6. The lowest BCUT2D eigenvalue weighted by Crippen LogP contribution is -2.65. The topological polar surface area (TPSA) is 228 Å². The molecule has 2 aliphatic heterocycles. The summed E-state index contributed by atoms with van der Waals surface area (Å²) in [6.45, 7) is 2.64. The number of hydrogen-bond donors (Lipinski definition) is 9. The molecule has 0 aliphatic carbocycles.